The van der Waals surface area contributed by atoms with Gasteiger partial charge in [0.05, 0.1) is 22.7 Å². The Balaban J connectivity index is 1.57. The minimum absolute atomic E-state index is 0.295. The lowest BCUT2D eigenvalue weighted by atomic mass is 10.0. The molecule has 10 heteroatoms. The summed E-state index contributed by atoms with van der Waals surface area (Å²) in [5.74, 6) is -1.47. The minimum atomic E-state index is -0.432. The number of anilines is 4. The van der Waals surface area contributed by atoms with E-state index in [-0.39, 0.29) is 11.8 Å². The maximum atomic E-state index is 12.9. The smallest absolute Gasteiger partial charge is 0.255 e. The summed E-state index contributed by atoms with van der Waals surface area (Å²) in [6, 6.07) is 22.9. The molecule has 40 heavy (non-hydrogen) atoms. The first-order valence-electron chi connectivity index (χ1n) is 12.3. The van der Waals surface area contributed by atoms with Crippen LogP contribution in [0.25, 0.3) is 11.1 Å². The summed E-state index contributed by atoms with van der Waals surface area (Å²) in [5, 5.41) is 10.7. The van der Waals surface area contributed by atoms with Gasteiger partial charge in [-0.15, -0.1) is 0 Å². The number of nitrogens with one attached hydrogen (secondary N) is 4. The van der Waals surface area contributed by atoms with Gasteiger partial charge in [0.15, 0.2) is 0 Å². The van der Waals surface area contributed by atoms with Crippen LogP contribution in [0.2, 0.25) is 0 Å². The summed E-state index contributed by atoms with van der Waals surface area (Å²) in [6.07, 6.45) is 0. The highest BCUT2D eigenvalue weighted by Gasteiger charge is 2.15. The Morgan fingerprint density at radius 1 is 0.500 bits per heavy atom. The molecular formula is C30H28N6O4. The van der Waals surface area contributed by atoms with Crippen LogP contribution in [0.1, 0.15) is 41.4 Å². The predicted molar refractivity (Wildman–Crippen MR) is 156 cm³/mol. The van der Waals surface area contributed by atoms with E-state index >= 15 is 0 Å². The molecule has 202 valence electrons. The Hall–Kier alpha value is -5.64. The molecule has 0 saturated carbocycles. The van der Waals surface area contributed by atoms with Crippen molar-refractivity contribution in [2.75, 3.05) is 36.2 Å². The van der Waals surface area contributed by atoms with Gasteiger partial charge in [-0.25, -0.2) is 0 Å². The number of hydrogen-bond acceptors (Lipinski definition) is 6. The molecule has 0 radical (unpaired) electrons. The summed E-state index contributed by atoms with van der Waals surface area (Å²) < 4.78 is 0. The van der Waals surface area contributed by atoms with E-state index in [0.717, 1.165) is 0 Å². The van der Waals surface area contributed by atoms with Crippen molar-refractivity contribution in [3.8, 4) is 11.1 Å². The van der Waals surface area contributed by atoms with Crippen molar-refractivity contribution in [2.24, 2.45) is 0 Å². The standard InChI is InChI=1S/C30H28N6O4/c1-33-27(37)19-5-3-7-21(13-19)29(39)35-25-15-17(9-11-23(25)31)18-10-12-24(32)26(16-18)36-30(40)22-8-4-6-20(14-22)28(38)34-2/h3-16H,31-32H2,1-2H3,(H,33,37)(H,34,38)(H,35,39)(H,36,40). The molecule has 4 aromatic rings. The molecule has 0 unspecified atom stereocenters. The highest BCUT2D eigenvalue weighted by molar-refractivity contribution is 6.09. The molecule has 0 aliphatic carbocycles. The Morgan fingerprint density at radius 2 is 0.850 bits per heavy atom. The third-order valence-electron chi connectivity index (χ3n) is 6.16. The van der Waals surface area contributed by atoms with E-state index < -0.39 is 11.8 Å². The van der Waals surface area contributed by atoms with E-state index in [1.807, 2.05) is 0 Å². The van der Waals surface area contributed by atoms with Gasteiger partial charge in [-0.05, 0) is 71.8 Å². The van der Waals surface area contributed by atoms with E-state index in [1.54, 1.807) is 72.8 Å². The molecule has 0 spiro atoms. The van der Waals surface area contributed by atoms with E-state index in [1.165, 1.54) is 26.2 Å². The van der Waals surface area contributed by atoms with Crippen LogP contribution >= 0.6 is 0 Å². The second kappa shape index (κ2) is 11.8. The topological polar surface area (TPSA) is 168 Å². The molecule has 0 atom stereocenters. The first kappa shape index (κ1) is 27.4. The third kappa shape index (κ3) is 6.08. The van der Waals surface area contributed by atoms with Gasteiger partial charge in [-0.2, -0.15) is 0 Å². The largest absolute Gasteiger partial charge is 0.397 e. The molecule has 4 amide bonds. The summed E-state index contributed by atoms with van der Waals surface area (Å²) in [5.41, 5.74) is 16.4. The van der Waals surface area contributed by atoms with Crippen LogP contribution in [-0.2, 0) is 0 Å². The van der Waals surface area contributed by atoms with Crippen LogP contribution in [0.5, 0.6) is 0 Å². The predicted octanol–water partition coefficient (Wildman–Crippen LogP) is 3.74. The lowest BCUT2D eigenvalue weighted by molar-refractivity contribution is 0.0954. The molecule has 0 heterocycles. The number of nitrogens with two attached hydrogens (primary N) is 2. The van der Waals surface area contributed by atoms with Gasteiger partial charge < -0.3 is 32.7 Å². The van der Waals surface area contributed by atoms with Crippen LogP contribution < -0.4 is 32.7 Å². The van der Waals surface area contributed by atoms with Gasteiger partial charge in [0.25, 0.3) is 23.6 Å². The number of nitrogen functional groups attached to an aromatic ring is 2. The molecule has 0 saturated heterocycles. The van der Waals surface area contributed by atoms with Gasteiger partial charge in [0.1, 0.15) is 0 Å². The summed E-state index contributed by atoms with van der Waals surface area (Å²) >= 11 is 0. The zero-order chi connectivity index (χ0) is 28.8. The average Bonchev–Trinajstić information content (AvgIpc) is 2.98. The molecule has 4 rings (SSSR count). The quantitative estimate of drug-likeness (QED) is 0.197. The molecule has 0 aliphatic rings. The Kier molecular flexibility index (Phi) is 8.10. The van der Waals surface area contributed by atoms with Crippen LogP contribution in [0, 0.1) is 0 Å². The second-order valence-corrected chi connectivity index (χ2v) is 8.83. The van der Waals surface area contributed by atoms with Gasteiger partial charge in [-0.1, -0.05) is 24.3 Å². The van der Waals surface area contributed by atoms with Gasteiger partial charge in [0.2, 0.25) is 0 Å². The fourth-order valence-corrected chi connectivity index (χ4v) is 3.97. The molecule has 0 aromatic heterocycles. The first-order valence-corrected chi connectivity index (χ1v) is 12.3. The van der Waals surface area contributed by atoms with E-state index in [2.05, 4.69) is 21.3 Å². The summed E-state index contributed by atoms with van der Waals surface area (Å²) in [7, 11) is 3.03. The van der Waals surface area contributed by atoms with Crippen molar-refractivity contribution >= 4 is 46.4 Å². The lowest BCUT2D eigenvalue weighted by Gasteiger charge is -2.14. The number of rotatable bonds is 7. The highest BCUT2D eigenvalue weighted by atomic mass is 16.2. The van der Waals surface area contributed by atoms with Crippen molar-refractivity contribution in [1.82, 2.24) is 10.6 Å². The van der Waals surface area contributed by atoms with Gasteiger partial charge in [-0.3, -0.25) is 19.2 Å². The van der Waals surface area contributed by atoms with Gasteiger partial charge in [0, 0.05) is 36.3 Å². The summed E-state index contributed by atoms with van der Waals surface area (Å²) in [4.78, 5) is 49.7. The van der Waals surface area contributed by atoms with Crippen molar-refractivity contribution < 1.29 is 19.2 Å². The highest BCUT2D eigenvalue weighted by Crippen LogP contribution is 2.31. The van der Waals surface area contributed by atoms with Crippen LogP contribution in [0.3, 0.4) is 0 Å². The zero-order valence-electron chi connectivity index (χ0n) is 21.9. The fraction of sp³-hybridized carbons (Fsp3) is 0.0667. The van der Waals surface area contributed by atoms with E-state index in [4.69, 9.17) is 11.5 Å². The molecular weight excluding hydrogens is 508 g/mol. The Labute approximate surface area is 230 Å². The molecule has 8 N–H and O–H groups in total. The zero-order valence-corrected chi connectivity index (χ0v) is 21.9. The fourth-order valence-electron chi connectivity index (χ4n) is 3.97. The van der Waals surface area contributed by atoms with Gasteiger partial charge >= 0.3 is 0 Å². The number of amides is 4. The molecule has 0 bridgehead atoms. The minimum Gasteiger partial charge on any atom is -0.397 e. The maximum Gasteiger partial charge on any atom is 0.255 e. The van der Waals surface area contributed by atoms with Crippen molar-refractivity contribution in [2.45, 2.75) is 0 Å². The second-order valence-electron chi connectivity index (χ2n) is 8.83. The first-order chi connectivity index (χ1) is 19.2. The van der Waals surface area contributed by atoms with Crippen LogP contribution in [0.4, 0.5) is 22.7 Å². The number of hydrogen-bond donors (Lipinski definition) is 6. The molecule has 0 aliphatic heterocycles. The maximum absolute atomic E-state index is 12.9. The average molecular weight is 537 g/mol. The van der Waals surface area contributed by atoms with Crippen LogP contribution in [-0.4, -0.2) is 37.7 Å². The molecule has 10 nitrogen and oxygen atoms in total. The Bertz CT molecular complexity index is 1510. The van der Waals surface area contributed by atoms with Crippen molar-refractivity contribution in [3.63, 3.8) is 0 Å². The van der Waals surface area contributed by atoms with E-state index in [9.17, 15) is 19.2 Å². The number of carbonyl (C=O) groups is 4. The summed E-state index contributed by atoms with van der Waals surface area (Å²) in [6.45, 7) is 0. The monoisotopic (exact) mass is 536 g/mol. The Morgan fingerprint density at radius 3 is 1.20 bits per heavy atom. The lowest BCUT2D eigenvalue weighted by Crippen LogP contribution is -2.19. The SMILES string of the molecule is CNC(=O)c1cccc(C(=O)Nc2cc(-c3ccc(N)c(NC(=O)c4cccc(C(=O)NC)c4)c3)ccc2N)c1. The third-order valence-corrected chi connectivity index (χ3v) is 6.16. The number of benzene rings is 4. The molecule has 4 aromatic carbocycles. The number of carbonyl (C=O) groups excluding carboxylic acids is 4. The molecule has 0 fully saturated rings. The van der Waals surface area contributed by atoms with Crippen molar-refractivity contribution in [1.29, 1.82) is 0 Å². The van der Waals surface area contributed by atoms with E-state index in [0.29, 0.717) is 56.1 Å². The normalized spacial score (nSPS) is 10.3. The van der Waals surface area contributed by atoms with Crippen LogP contribution in [0.15, 0.2) is 84.9 Å². The van der Waals surface area contributed by atoms with Crippen molar-refractivity contribution in [3.05, 3.63) is 107 Å².